The van der Waals surface area contributed by atoms with Crippen molar-refractivity contribution in [3.05, 3.63) is 0 Å². The average molecular weight is 233 g/mol. The third-order valence-corrected chi connectivity index (χ3v) is 4.39. The Bertz CT molecular complexity index is 193. The summed E-state index contributed by atoms with van der Waals surface area (Å²) < 4.78 is 17.1. The first-order chi connectivity index (χ1) is 7.22. The number of ether oxygens (including phenoxy) is 1. The Morgan fingerprint density at radius 1 is 1.60 bits per heavy atom. The van der Waals surface area contributed by atoms with E-state index in [4.69, 9.17) is 10.5 Å². The van der Waals surface area contributed by atoms with Crippen molar-refractivity contribution in [3.8, 4) is 0 Å². The number of hydrogen-bond donors (Lipinski definition) is 1. The SMILES string of the molecule is CCC(N)CS(=O)CCCC1CCCO1. The molecule has 0 amide bonds. The van der Waals surface area contributed by atoms with Crippen LogP contribution in [-0.2, 0) is 15.5 Å². The van der Waals surface area contributed by atoms with Gasteiger partial charge in [0.1, 0.15) is 0 Å². The second kappa shape index (κ2) is 7.36. The Morgan fingerprint density at radius 3 is 3.00 bits per heavy atom. The molecular weight excluding hydrogens is 210 g/mol. The Kier molecular flexibility index (Phi) is 6.45. The molecule has 0 aromatic carbocycles. The van der Waals surface area contributed by atoms with E-state index in [0.29, 0.717) is 11.9 Å². The van der Waals surface area contributed by atoms with Gasteiger partial charge in [0.15, 0.2) is 0 Å². The Labute approximate surface area is 95.2 Å². The molecule has 0 radical (unpaired) electrons. The number of nitrogens with two attached hydrogens (primary N) is 1. The lowest BCUT2D eigenvalue weighted by molar-refractivity contribution is 0.104. The molecule has 3 atom stereocenters. The van der Waals surface area contributed by atoms with E-state index in [1.54, 1.807) is 0 Å². The molecule has 1 fully saturated rings. The summed E-state index contributed by atoms with van der Waals surface area (Å²) in [4.78, 5) is 0. The normalized spacial score (nSPS) is 25.3. The summed E-state index contributed by atoms with van der Waals surface area (Å²) in [6.45, 7) is 2.95. The van der Waals surface area contributed by atoms with Crippen molar-refractivity contribution in [1.82, 2.24) is 0 Å². The van der Waals surface area contributed by atoms with Gasteiger partial charge in [-0.1, -0.05) is 6.92 Å². The molecule has 0 aromatic heterocycles. The van der Waals surface area contributed by atoms with E-state index in [1.807, 2.05) is 6.92 Å². The first-order valence-corrected chi connectivity index (χ1v) is 7.43. The Balaban J connectivity index is 2.01. The minimum Gasteiger partial charge on any atom is -0.378 e. The molecule has 0 aromatic rings. The van der Waals surface area contributed by atoms with Crippen LogP contribution in [0.4, 0.5) is 0 Å². The molecule has 3 unspecified atom stereocenters. The zero-order valence-electron chi connectivity index (χ0n) is 9.61. The topological polar surface area (TPSA) is 52.3 Å². The summed E-state index contributed by atoms with van der Waals surface area (Å²) in [6.07, 6.45) is 5.79. The first-order valence-electron chi connectivity index (χ1n) is 5.94. The van der Waals surface area contributed by atoms with Gasteiger partial charge in [-0.05, 0) is 32.1 Å². The van der Waals surface area contributed by atoms with Gasteiger partial charge in [0.25, 0.3) is 0 Å². The van der Waals surface area contributed by atoms with Gasteiger partial charge >= 0.3 is 0 Å². The standard InChI is InChI=1S/C11H23NO2S/c1-2-10(12)9-15(13)8-4-6-11-5-3-7-14-11/h10-11H,2-9,12H2,1H3. The highest BCUT2D eigenvalue weighted by molar-refractivity contribution is 7.85. The molecule has 0 spiro atoms. The third kappa shape index (κ3) is 5.64. The van der Waals surface area contributed by atoms with Gasteiger partial charge in [-0.25, -0.2) is 0 Å². The van der Waals surface area contributed by atoms with Crippen LogP contribution in [0.15, 0.2) is 0 Å². The van der Waals surface area contributed by atoms with E-state index in [0.717, 1.165) is 31.6 Å². The summed E-state index contributed by atoms with van der Waals surface area (Å²) in [5.41, 5.74) is 5.75. The fourth-order valence-corrected chi connectivity index (χ4v) is 3.15. The third-order valence-electron chi connectivity index (χ3n) is 2.85. The monoisotopic (exact) mass is 233 g/mol. The van der Waals surface area contributed by atoms with Crippen molar-refractivity contribution in [3.63, 3.8) is 0 Å². The quantitative estimate of drug-likeness (QED) is 0.724. The summed E-state index contributed by atoms with van der Waals surface area (Å²) in [5, 5.41) is 0. The van der Waals surface area contributed by atoms with Crippen LogP contribution >= 0.6 is 0 Å². The smallest absolute Gasteiger partial charge is 0.0576 e. The molecule has 1 aliphatic rings. The maximum absolute atomic E-state index is 11.6. The number of rotatable bonds is 7. The predicted molar refractivity (Wildman–Crippen MR) is 64.4 cm³/mol. The van der Waals surface area contributed by atoms with Crippen LogP contribution in [-0.4, -0.2) is 34.5 Å². The van der Waals surface area contributed by atoms with Crippen molar-refractivity contribution >= 4 is 10.8 Å². The van der Waals surface area contributed by atoms with Crippen LogP contribution in [0.25, 0.3) is 0 Å². The van der Waals surface area contributed by atoms with Crippen molar-refractivity contribution in [2.45, 2.75) is 51.2 Å². The van der Waals surface area contributed by atoms with E-state index in [1.165, 1.54) is 12.8 Å². The van der Waals surface area contributed by atoms with Crippen LogP contribution < -0.4 is 5.73 Å². The van der Waals surface area contributed by atoms with Crippen molar-refractivity contribution < 1.29 is 8.95 Å². The molecular formula is C11H23NO2S. The van der Waals surface area contributed by atoms with E-state index in [9.17, 15) is 4.21 Å². The van der Waals surface area contributed by atoms with Gasteiger partial charge in [-0.3, -0.25) is 4.21 Å². The van der Waals surface area contributed by atoms with E-state index >= 15 is 0 Å². The van der Waals surface area contributed by atoms with Crippen LogP contribution in [0.2, 0.25) is 0 Å². The van der Waals surface area contributed by atoms with Crippen LogP contribution in [0, 0.1) is 0 Å². The molecule has 4 heteroatoms. The van der Waals surface area contributed by atoms with E-state index in [-0.39, 0.29) is 6.04 Å². The summed E-state index contributed by atoms with van der Waals surface area (Å²) in [7, 11) is -0.731. The lowest BCUT2D eigenvalue weighted by Gasteiger charge is -2.10. The fourth-order valence-electron chi connectivity index (χ4n) is 1.78. The minimum atomic E-state index is -0.731. The van der Waals surface area contributed by atoms with E-state index < -0.39 is 10.8 Å². The van der Waals surface area contributed by atoms with Crippen LogP contribution in [0.5, 0.6) is 0 Å². The van der Waals surface area contributed by atoms with Gasteiger partial charge in [0, 0.05) is 35.0 Å². The highest BCUT2D eigenvalue weighted by Gasteiger charge is 2.15. The molecule has 1 heterocycles. The maximum atomic E-state index is 11.6. The van der Waals surface area contributed by atoms with Gasteiger partial charge < -0.3 is 10.5 Å². The predicted octanol–water partition coefficient (Wildman–Crippen LogP) is 1.43. The van der Waals surface area contributed by atoms with Gasteiger partial charge in [0.2, 0.25) is 0 Å². The average Bonchev–Trinajstić information content (AvgIpc) is 2.70. The molecule has 0 bridgehead atoms. The molecule has 15 heavy (non-hydrogen) atoms. The Morgan fingerprint density at radius 2 is 2.40 bits per heavy atom. The summed E-state index contributed by atoms with van der Waals surface area (Å²) in [5.74, 6) is 1.44. The highest BCUT2D eigenvalue weighted by atomic mass is 32.2. The van der Waals surface area contributed by atoms with Gasteiger partial charge in [-0.2, -0.15) is 0 Å². The fraction of sp³-hybridized carbons (Fsp3) is 1.00. The van der Waals surface area contributed by atoms with Crippen LogP contribution in [0.3, 0.4) is 0 Å². The molecule has 1 aliphatic heterocycles. The molecule has 0 saturated carbocycles. The summed E-state index contributed by atoms with van der Waals surface area (Å²) >= 11 is 0. The van der Waals surface area contributed by atoms with Crippen molar-refractivity contribution in [2.24, 2.45) is 5.73 Å². The zero-order valence-corrected chi connectivity index (χ0v) is 10.4. The van der Waals surface area contributed by atoms with Gasteiger partial charge in [-0.15, -0.1) is 0 Å². The highest BCUT2D eigenvalue weighted by Crippen LogP contribution is 2.16. The maximum Gasteiger partial charge on any atom is 0.0576 e. The second-order valence-corrected chi connectivity index (χ2v) is 5.88. The second-order valence-electron chi connectivity index (χ2n) is 4.26. The number of hydrogen-bond acceptors (Lipinski definition) is 3. The Hall–Kier alpha value is 0.0700. The van der Waals surface area contributed by atoms with Gasteiger partial charge in [0.05, 0.1) is 6.10 Å². The van der Waals surface area contributed by atoms with E-state index in [2.05, 4.69) is 0 Å². The van der Waals surface area contributed by atoms with Crippen molar-refractivity contribution in [1.29, 1.82) is 0 Å². The molecule has 2 N–H and O–H groups in total. The lowest BCUT2D eigenvalue weighted by Crippen LogP contribution is -2.27. The lowest BCUT2D eigenvalue weighted by atomic mass is 10.1. The molecule has 1 saturated heterocycles. The zero-order chi connectivity index (χ0) is 11.1. The molecule has 3 nitrogen and oxygen atoms in total. The van der Waals surface area contributed by atoms with Crippen molar-refractivity contribution in [2.75, 3.05) is 18.1 Å². The summed E-state index contributed by atoms with van der Waals surface area (Å²) in [6, 6.07) is 0.105. The molecule has 0 aliphatic carbocycles. The molecule has 90 valence electrons. The van der Waals surface area contributed by atoms with Crippen LogP contribution in [0.1, 0.15) is 39.0 Å². The first kappa shape index (κ1) is 13.1. The molecule has 1 rings (SSSR count). The largest absolute Gasteiger partial charge is 0.378 e. The minimum absolute atomic E-state index is 0.105.